The van der Waals surface area contributed by atoms with Crippen LogP contribution in [-0.4, -0.2) is 5.54 Å². The molecule has 98 valence electrons. The summed E-state index contributed by atoms with van der Waals surface area (Å²) in [6.45, 7) is 4.33. The van der Waals surface area contributed by atoms with E-state index in [-0.39, 0.29) is 5.54 Å². The van der Waals surface area contributed by atoms with Gasteiger partial charge in [-0.25, -0.2) is 0 Å². The molecule has 2 N–H and O–H groups in total. The van der Waals surface area contributed by atoms with E-state index in [2.05, 4.69) is 56.3 Å². The van der Waals surface area contributed by atoms with E-state index in [0.29, 0.717) is 0 Å². The molecule has 1 aliphatic carbocycles. The van der Waals surface area contributed by atoms with Gasteiger partial charge >= 0.3 is 0 Å². The smallest absolute Gasteiger partial charge is 0.0277 e. The maximum absolute atomic E-state index is 6.66. The van der Waals surface area contributed by atoms with Gasteiger partial charge in [0.2, 0.25) is 0 Å². The molecule has 0 atom stereocenters. The number of hydrogen-bond acceptors (Lipinski definition) is 1. The van der Waals surface area contributed by atoms with E-state index in [1.165, 1.54) is 27.8 Å². The van der Waals surface area contributed by atoms with Crippen LogP contribution in [0.15, 0.2) is 42.5 Å². The molecule has 0 radical (unpaired) electrons. The van der Waals surface area contributed by atoms with Crippen molar-refractivity contribution in [2.24, 2.45) is 5.73 Å². The summed E-state index contributed by atoms with van der Waals surface area (Å²) >= 11 is 0. The molecule has 3 rings (SSSR count). The summed E-state index contributed by atoms with van der Waals surface area (Å²) < 4.78 is 0. The van der Waals surface area contributed by atoms with E-state index in [0.717, 1.165) is 19.3 Å². The van der Waals surface area contributed by atoms with Gasteiger partial charge in [0.1, 0.15) is 0 Å². The standard InChI is InChI=1S/C18H21N/c1-13-7-8-14(2)17(9-13)12-18(19)10-15-5-3-4-6-16(15)11-18/h3-9H,10-12,19H2,1-2H3. The number of hydrogen-bond donors (Lipinski definition) is 1. The number of fused-ring (bicyclic) bond motifs is 1. The molecule has 0 aliphatic heterocycles. The van der Waals surface area contributed by atoms with Crippen LogP contribution in [0.4, 0.5) is 0 Å². The molecule has 0 aromatic heterocycles. The molecular formula is C18H21N. The molecule has 0 saturated heterocycles. The number of nitrogens with two attached hydrogens (primary N) is 1. The molecule has 1 heteroatoms. The summed E-state index contributed by atoms with van der Waals surface area (Å²) in [4.78, 5) is 0. The van der Waals surface area contributed by atoms with Gasteiger partial charge in [-0.15, -0.1) is 0 Å². The number of rotatable bonds is 2. The van der Waals surface area contributed by atoms with Crippen LogP contribution >= 0.6 is 0 Å². The average molecular weight is 251 g/mol. The predicted molar refractivity (Wildman–Crippen MR) is 80.4 cm³/mol. The van der Waals surface area contributed by atoms with Crippen molar-refractivity contribution >= 4 is 0 Å². The second-order valence-electron chi connectivity index (χ2n) is 6.09. The monoisotopic (exact) mass is 251 g/mol. The molecule has 19 heavy (non-hydrogen) atoms. The van der Waals surface area contributed by atoms with Gasteiger partial charge in [0.15, 0.2) is 0 Å². The minimum Gasteiger partial charge on any atom is -0.324 e. The lowest BCUT2D eigenvalue weighted by molar-refractivity contribution is 0.445. The van der Waals surface area contributed by atoms with E-state index in [1.807, 2.05) is 0 Å². The van der Waals surface area contributed by atoms with Crippen molar-refractivity contribution < 1.29 is 0 Å². The Morgan fingerprint density at radius 3 is 2.26 bits per heavy atom. The van der Waals surface area contributed by atoms with Crippen molar-refractivity contribution in [3.8, 4) is 0 Å². The zero-order valence-electron chi connectivity index (χ0n) is 11.7. The average Bonchev–Trinajstić information content (AvgIpc) is 2.69. The lowest BCUT2D eigenvalue weighted by Gasteiger charge is -2.25. The zero-order chi connectivity index (χ0) is 13.5. The zero-order valence-corrected chi connectivity index (χ0v) is 11.7. The van der Waals surface area contributed by atoms with Gasteiger partial charge in [0, 0.05) is 5.54 Å². The van der Waals surface area contributed by atoms with Gasteiger partial charge in [0.25, 0.3) is 0 Å². The quantitative estimate of drug-likeness (QED) is 0.870. The highest BCUT2D eigenvalue weighted by Crippen LogP contribution is 2.31. The lowest BCUT2D eigenvalue weighted by Crippen LogP contribution is -2.43. The van der Waals surface area contributed by atoms with E-state index in [9.17, 15) is 0 Å². The van der Waals surface area contributed by atoms with Crippen molar-refractivity contribution in [2.75, 3.05) is 0 Å². The van der Waals surface area contributed by atoms with E-state index >= 15 is 0 Å². The fourth-order valence-electron chi connectivity index (χ4n) is 3.22. The molecule has 0 fully saturated rings. The fourth-order valence-corrected chi connectivity index (χ4v) is 3.22. The SMILES string of the molecule is Cc1ccc(C)c(CC2(N)Cc3ccccc3C2)c1. The van der Waals surface area contributed by atoms with Crippen LogP contribution in [0.2, 0.25) is 0 Å². The molecule has 2 aromatic carbocycles. The molecule has 2 aromatic rings. The Kier molecular flexibility index (Phi) is 2.94. The molecule has 1 aliphatic rings. The predicted octanol–water partition coefficient (Wildman–Crippen LogP) is 3.34. The van der Waals surface area contributed by atoms with Gasteiger partial charge in [-0.1, -0.05) is 48.0 Å². The van der Waals surface area contributed by atoms with E-state index in [4.69, 9.17) is 5.73 Å². The highest BCUT2D eigenvalue weighted by atomic mass is 14.8. The molecule has 1 nitrogen and oxygen atoms in total. The molecule has 0 bridgehead atoms. The highest BCUT2D eigenvalue weighted by Gasteiger charge is 2.33. The Morgan fingerprint density at radius 2 is 1.63 bits per heavy atom. The molecule has 0 saturated carbocycles. The molecule has 0 heterocycles. The Balaban J connectivity index is 1.87. The van der Waals surface area contributed by atoms with Crippen molar-refractivity contribution in [1.29, 1.82) is 0 Å². The summed E-state index contributed by atoms with van der Waals surface area (Å²) in [6.07, 6.45) is 2.96. The van der Waals surface area contributed by atoms with Crippen LogP contribution in [0.1, 0.15) is 27.8 Å². The van der Waals surface area contributed by atoms with Crippen LogP contribution in [-0.2, 0) is 19.3 Å². The summed E-state index contributed by atoms with van der Waals surface area (Å²) in [5.74, 6) is 0. The first-order chi connectivity index (χ1) is 9.06. The van der Waals surface area contributed by atoms with Gasteiger partial charge in [-0.2, -0.15) is 0 Å². The molecule has 0 unspecified atom stereocenters. The first-order valence-corrected chi connectivity index (χ1v) is 6.98. The molecular weight excluding hydrogens is 230 g/mol. The maximum atomic E-state index is 6.66. The summed E-state index contributed by atoms with van der Waals surface area (Å²) in [5, 5.41) is 0. The molecule has 0 amide bonds. The van der Waals surface area contributed by atoms with Crippen molar-refractivity contribution in [3.63, 3.8) is 0 Å². The van der Waals surface area contributed by atoms with Crippen LogP contribution in [0.25, 0.3) is 0 Å². The largest absolute Gasteiger partial charge is 0.324 e. The summed E-state index contributed by atoms with van der Waals surface area (Å²) in [5.41, 5.74) is 13.5. The van der Waals surface area contributed by atoms with Crippen molar-refractivity contribution in [3.05, 3.63) is 70.3 Å². The second kappa shape index (κ2) is 4.50. The number of benzene rings is 2. The minimum atomic E-state index is -0.109. The van der Waals surface area contributed by atoms with Crippen molar-refractivity contribution in [1.82, 2.24) is 0 Å². The van der Waals surface area contributed by atoms with Crippen molar-refractivity contribution in [2.45, 2.75) is 38.6 Å². The number of aryl methyl sites for hydroxylation is 2. The Labute approximate surface area is 115 Å². The Morgan fingerprint density at radius 1 is 1.00 bits per heavy atom. The Bertz CT molecular complexity index is 588. The fraction of sp³-hybridized carbons (Fsp3) is 0.333. The topological polar surface area (TPSA) is 26.0 Å². The maximum Gasteiger partial charge on any atom is 0.0277 e. The van der Waals surface area contributed by atoms with E-state index in [1.54, 1.807) is 0 Å². The third-order valence-electron chi connectivity index (χ3n) is 4.25. The third kappa shape index (κ3) is 2.43. The van der Waals surface area contributed by atoms with Crippen LogP contribution in [0.5, 0.6) is 0 Å². The minimum absolute atomic E-state index is 0.109. The van der Waals surface area contributed by atoms with Gasteiger partial charge < -0.3 is 5.73 Å². The Hall–Kier alpha value is -1.60. The summed E-state index contributed by atoms with van der Waals surface area (Å²) in [7, 11) is 0. The van der Waals surface area contributed by atoms with Crippen LogP contribution in [0.3, 0.4) is 0 Å². The van der Waals surface area contributed by atoms with Crippen LogP contribution in [0, 0.1) is 13.8 Å². The summed E-state index contributed by atoms with van der Waals surface area (Å²) in [6, 6.07) is 15.3. The van der Waals surface area contributed by atoms with Crippen LogP contribution < -0.4 is 5.73 Å². The first kappa shape index (κ1) is 12.4. The third-order valence-corrected chi connectivity index (χ3v) is 4.25. The van der Waals surface area contributed by atoms with E-state index < -0.39 is 0 Å². The lowest BCUT2D eigenvalue weighted by atomic mass is 9.87. The second-order valence-corrected chi connectivity index (χ2v) is 6.09. The van der Waals surface area contributed by atoms with Gasteiger partial charge in [0.05, 0.1) is 0 Å². The first-order valence-electron chi connectivity index (χ1n) is 6.98. The van der Waals surface area contributed by atoms with Gasteiger partial charge in [-0.05, 0) is 55.4 Å². The highest BCUT2D eigenvalue weighted by molar-refractivity contribution is 5.39. The molecule has 0 spiro atoms. The normalized spacial score (nSPS) is 16.4. The van der Waals surface area contributed by atoms with Gasteiger partial charge in [-0.3, -0.25) is 0 Å².